The molecule has 25 heavy (non-hydrogen) atoms. The molecule has 0 amide bonds. The molecular formula is C20H29ClN4. The topological polar surface area (TPSA) is 32.3 Å². The van der Waals surface area contributed by atoms with Gasteiger partial charge in [-0.1, -0.05) is 29.9 Å². The van der Waals surface area contributed by atoms with Crippen molar-refractivity contribution in [3.63, 3.8) is 0 Å². The van der Waals surface area contributed by atoms with Crippen molar-refractivity contribution in [2.75, 3.05) is 38.1 Å². The Kier molecular flexibility index (Phi) is 6.95. The van der Waals surface area contributed by atoms with Gasteiger partial charge >= 0.3 is 0 Å². The van der Waals surface area contributed by atoms with Gasteiger partial charge in [0.2, 0.25) is 0 Å². The quantitative estimate of drug-likeness (QED) is 0.763. The van der Waals surface area contributed by atoms with E-state index in [9.17, 15) is 0 Å². The lowest BCUT2D eigenvalue weighted by Gasteiger charge is -2.29. The first kappa shape index (κ1) is 18.5. The van der Waals surface area contributed by atoms with Gasteiger partial charge in [-0.05, 0) is 69.7 Å². The monoisotopic (exact) mass is 360 g/mol. The lowest BCUT2D eigenvalue weighted by molar-refractivity contribution is 0.254. The van der Waals surface area contributed by atoms with Crippen LogP contribution in [0.5, 0.6) is 0 Å². The number of likely N-dealkylation sites (tertiary alicyclic amines) is 1. The Morgan fingerprint density at radius 3 is 2.56 bits per heavy atom. The molecule has 1 aromatic rings. The van der Waals surface area contributed by atoms with E-state index in [0.717, 1.165) is 24.8 Å². The van der Waals surface area contributed by atoms with Crippen LogP contribution in [0.15, 0.2) is 12.1 Å². The summed E-state index contributed by atoms with van der Waals surface area (Å²) in [6.07, 6.45) is 9.07. The molecule has 3 rings (SSSR count). The average molecular weight is 361 g/mol. The average Bonchev–Trinajstić information content (AvgIpc) is 2.64. The molecule has 1 aliphatic carbocycles. The van der Waals surface area contributed by atoms with Crippen LogP contribution >= 0.6 is 11.6 Å². The molecule has 1 saturated heterocycles. The number of rotatable bonds is 4. The van der Waals surface area contributed by atoms with Gasteiger partial charge in [0, 0.05) is 19.5 Å². The second-order valence-electron chi connectivity index (χ2n) is 7.47. The largest absolute Gasteiger partial charge is 0.358 e. The van der Waals surface area contributed by atoms with E-state index >= 15 is 0 Å². The lowest BCUT2D eigenvalue weighted by Crippen LogP contribution is -2.30. The Labute approximate surface area is 156 Å². The first-order valence-corrected chi connectivity index (χ1v) is 9.99. The molecule has 1 saturated carbocycles. The highest BCUT2D eigenvalue weighted by molar-refractivity contribution is 6.29. The van der Waals surface area contributed by atoms with E-state index in [1.807, 2.05) is 6.07 Å². The molecule has 2 heterocycles. The van der Waals surface area contributed by atoms with Crippen LogP contribution in [0.25, 0.3) is 0 Å². The predicted octanol–water partition coefficient (Wildman–Crippen LogP) is 3.86. The minimum Gasteiger partial charge on any atom is -0.358 e. The number of anilines is 1. The third-order valence-corrected chi connectivity index (χ3v) is 5.65. The molecule has 0 unspecified atom stereocenters. The van der Waals surface area contributed by atoms with E-state index in [1.165, 1.54) is 58.0 Å². The molecule has 4 nitrogen and oxygen atoms in total. The molecule has 136 valence electrons. The summed E-state index contributed by atoms with van der Waals surface area (Å²) < 4.78 is 0. The van der Waals surface area contributed by atoms with Crippen LogP contribution in [0.4, 0.5) is 5.82 Å². The van der Waals surface area contributed by atoms with Crippen LogP contribution in [-0.4, -0.2) is 48.3 Å². The summed E-state index contributed by atoms with van der Waals surface area (Å²) in [5, 5.41) is 8.53. The van der Waals surface area contributed by atoms with E-state index < -0.39 is 0 Å². The van der Waals surface area contributed by atoms with Gasteiger partial charge in [0.15, 0.2) is 11.0 Å². The summed E-state index contributed by atoms with van der Waals surface area (Å²) in [4.78, 5) is 4.70. The van der Waals surface area contributed by atoms with Gasteiger partial charge in [0.1, 0.15) is 0 Å². The number of hydrogen-bond acceptors (Lipinski definition) is 4. The maximum Gasteiger partial charge on any atom is 0.151 e. The van der Waals surface area contributed by atoms with E-state index in [2.05, 4.69) is 38.9 Å². The van der Waals surface area contributed by atoms with Crippen LogP contribution < -0.4 is 4.90 Å². The second-order valence-corrected chi connectivity index (χ2v) is 7.86. The minimum absolute atomic E-state index is 0.445. The molecular weight excluding hydrogens is 332 g/mol. The molecule has 0 N–H and O–H groups in total. The van der Waals surface area contributed by atoms with Crippen molar-refractivity contribution >= 4 is 17.4 Å². The van der Waals surface area contributed by atoms with Gasteiger partial charge in [-0.25, -0.2) is 0 Å². The van der Waals surface area contributed by atoms with Crippen molar-refractivity contribution in [1.29, 1.82) is 0 Å². The fraction of sp³-hybridized carbons (Fsp3) is 0.700. The van der Waals surface area contributed by atoms with E-state index in [4.69, 9.17) is 11.6 Å². The molecule has 0 bridgehead atoms. The highest BCUT2D eigenvalue weighted by Crippen LogP contribution is 2.29. The molecule has 0 spiro atoms. The SMILES string of the molecule is CN(C[C@H]1CC[C@H](C#CCN2CCCCC2)CC1)c1ccc(Cl)nn1. The van der Waals surface area contributed by atoms with Crippen molar-refractivity contribution in [1.82, 2.24) is 15.1 Å². The number of aromatic nitrogens is 2. The van der Waals surface area contributed by atoms with Gasteiger partial charge in [-0.15, -0.1) is 10.2 Å². The zero-order valence-corrected chi connectivity index (χ0v) is 16.0. The number of halogens is 1. The highest BCUT2D eigenvalue weighted by atomic mass is 35.5. The summed E-state index contributed by atoms with van der Waals surface area (Å²) in [7, 11) is 2.09. The number of piperidine rings is 1. The zero-order valence-electron chi connectivity index (χ0n) is 15.3. The number of hydrogen-bond donors (Lipinski definition) is 0. The maximum absolute atomic E-state index is 5.81. The van der Waals surface area contributed by atoms with Gasteiger partial charge in [-0.2, -0.15) is 0 Å². The van der Waals surface area contributed by atoms with E-state index in [-0.39, 0.29) is 0 Å². The van der Waals surface area contributed by atoms with Crippen LogP contribution in [0.2, 0.25) is 5.15 Å². The molecule has 5 heteroatoms. The Balaban J connectivity index is 1.39. The smallest absolute Gasteiger partial charge is 0.151 e. The molecule has 0 atom stereocenters. The van der Waals surface area contributed by atoms with Gasteiger partial charge in [-0.3, -0.25) is 4.90 Å². The van der Waals surface area contributed by atoms with E-state index in [1.54, 1.807) is 6.07 Å². The Hall–Kier alpha value is -1.31. The van der Waals surface area contributed by atoms with Gasteiger partial charge < -0.3 is 4.90 Å². The minimum atomic E-state index is 0.445. The third kappa shape index (κ3) is 5.87. The van der Waals surface area contributed by atoms with Crippen LogP contribution in [0.1, 0.15) is 44.9 Å². The Morgan fingerprint density at radius 1 is 1.12 bits per heavy atom. The van der Waals surface area contributed by atoms with Crippen molar-refractivity contribution in [3.8, 4) is 11.8 Å². The van der Waals surface area contributed by atoms with Crippen molar-refractivity contribution in [2.45, 2.75) is 44.9 Å². The van der Waals surface area contributed by atoms with Gasteiger partial charge in [0.05, 0.1) is 6.54 Å². The van der Waals surface area contributed by atoms with E-state index in [0.29, 0.717) is 11.1 Å². The van der Waals surface area contributed by atoms with Crippen LogP contribution in [0, 0.1) is 23.7 Å². The molecule has 0 radical (unpaired) electrons. The fourth-order valence-corrected chi connectivity index (χ4v) is 4.00. The van der Waals surface area contributed by atoms with Crippen LogP contribution in [0.3, 0.4) is 0 Å². The van der Waals surface area contributed by atoms with Crippen molar-refractivity contribution in [2.24, 2.45) is 11.8 Å². The summed E-state index contributed by atoms with van der Waals surface area (Å²) in [6, 6.07) is 3.74. The zero-order chi connectivity index (χ0) is 17.5. The highest BCUT2D eigenvalue weighted by Gasteiger charge is 2.21. The lowest BCUT2D eigenvalue weighted by atomic mass is 9.82. The second kappa shape index (κ2) is 9.40. The standard InChI is InChI=1S/C20H29ClN4/c1-24(20-12-11-19(21)22-23-20)16-18-9-7-17(8-10-18)6-5-15-25-13-3-2-4-14-25/h11-12,17-18H,2-4,7-10,13-16H2,1H3/t17-,18-. The summed E-state index contributed by atoms with van der Waals surface area (Å²) >= 11 is 5.81. The predicted molar refractivity (Wildman–Crippen MR) is 104 cm³/mol. The van der Waals surface area contributed by atoms with Crippen LogP contribution in [-0.2, 0) is 0 Å². The van der Waals surface area contributed by atoms with Gasteiger partial charge in [0.25, 0.3) is 0 Å². The first-order valence-electron chi connectivity index (χ1n) is 9.62. The molecule has 1 aliphatic heterocycles. The molecule has 0 aromatic carbocycles. The number of nitrogens with zero attached hydrogens (tertiary/aromatic N) is 4. The summed E-state index contributed by atoms with van der Waals surface area (Å²) in [6.45, 7) is 4.48. The molecule has 1 aromatic heterocycles. The van der Waals surface area contributed by atoms with Crippen molar-refractivity contribution in [3.05, 3.63) is 17.3 Å². The first-order chi connectivity index (χ1) is 12.2. The van der Waals surface area contributed by atoms with Crippen molar-refractivity contribution < 1.29 is 0 Å². The normalized spacial score (nSPS) is 24.4. The molecule has 2 fully saturated rings. The molecule has 2 aliphatic rings. The summed E-state index contributed by atoms with van der Waals surface area (Å²) in [5.74, 6) is 9.20. The fourth-order valence-electron chi connectivity index (χ4n) is 3.90. The Morgan fingerprint density at radius 2 is 1.88 bits per heavy atom. The Bertz CT molecular complexity index is 578. The maximum atomic E-state index is 5.81. The summed E-state index contributed by atoms with van der Waals surface area (Å²) in [5.41, 5.74) is 0. The third-order valence-electron chi connectivity index (χ3n) is 5.45.